The fraction of sp³-hybridized carbons (Fsp3) is 0.318. The van der Waals surface area contributed by atoms with Gasteiger partial charge in [0.1, 0.15) is 5.75 Å². The number of halogens is 4. The Labute approximate surface area is 197 Å². The van der Waals surface area contributed by atoms with Gasteiger partial charge in [-0.3, -0.25) is 14.9 Å². The lowest BCUT2D eigenvalue weighted by molar-refractivity contribution is -0.274. The summed E-state index contributed by atoms with van der Waals surface area (Å²) >= 11 is 6.40. The Hall–Kier alpha value is -3.47. The lowest BCUT2D eigenvalue weighted by atomic mass is 9.90. The van der Waals surface area contributed by atoms with Crippen LogP contribution >= 0.6 is 11.6 Å². The number of anilines is 2. The fourth-order valence-electron chi connectivity index (χ4n) is 3.89. The number of carbonyl (C=O) groups excluding carboxylic acids is 3. The molecule has 2 aliphatic rings. The van der Waals surface area contributed by atoms with E-state index in [1.807, 2.05) is 11.0 Å². The van der Waals surface area contributed by atoms with Crippen molar-refractivity contribution in [1.29, 1.82) is 0 Å². The van der Waals surface area contributed by atoms with Crippen LogP contribution in [0.1, 0.15) is 24.3 Å². The van der Waals surface area contributed by atoms with Gasteiger partial charge in [0.05, 0.1) is 12.0 Å². The standard InChI is InChI=1S/C22H20ClF3N4O4/c23-18-9-14(4-5-16(18)17-6-7-19(31)29-20(17)32)30-10-13(11-30)28-21(33)27-12-2-1-3-15(8-12)34-22(24,25)26/h1-5,8-9,13,17H,6-7,10-11H2,(H2,27,28,33)(H,29,31,32). The highest BCUT2D eigenvalue weighted by Gasteiger charge is 2.32. The van der Waals surface area contributed by atoms with E-state index >= 15 is 0 Å². The van der Waals surface area contributed by atoms with Crippen molar-refractivity contribution in [3.63, 3.8) is 0 Å². The quantitative estimate of drug-likeness (QED) is 0.547. The van der Waals surface area contributed by atoms with Crippen molar-refractivity contribution in [2.75, 3.05) is 23.3 Å². The highest BCUT2D eigenvalue weighted by Crippen LogP contribution is 2.34. The number of rotatable bonds is 5. The number of carbonyl (C=O) groups is 3. The van der Waals surface area contributed by atoms with E-state index in [4.69, 9.17) is 11.6 Å². The first-order chi connectivity index (χ1) is 16.1. The molecular weight excluding hydrogens is 477 g/mol. The molecule has 0 bridgehead atoms. The Balaban J connectivity index is 1.28. The molecule has 1 atom stereocenters. The number of piperidine rings is 1. The minimum Gasteiger partial charge on any atom is -0.406 e. The van der Waals surface area contributed by atoms with Crippen LogP contribution in [0.15, 0.2) is 42.5 Å². The van der Waals surface area contributed by atoms with Crippen molar-refractivity contribution < 1.29 is 32.3 Å². The Morgan fingerprint density at radius 2 is 1.91 bits per heavy atom. The molecule has 2 fully saturated rings. The number of urea groups is 1. The molecule has 4 rings (SSSR count). The van der Waals surface area contributed by atoms with Crippen LogP contribution in [0.2, 0.25) is 5.02 Å². The third-order valence-electron chi connectivity index (χ3n) is 5.51. The number of hydrogen-bond acceptors (Lipinski definition) is 5. The second kappa shape index (κ2) is 9.41. The number of hydrogen-bond donors (Lipinski definition) is 3. The van der Waals surface area contributed by atoms with E-state index in [0.717, 1.165) is 17.8 Å². The van der Waals surface area contributed by atoms with Gasteiger partial charge in [-0.2, -0.15) is 0 Å². The molecule has 12 heteroatoms. The maximum absolute atomic E-state index is 12.3. The van der Waals surface area contributed by atoms with Crippen LogP contribution < -0.4 is 25.6 Å². The predicted octanol–water partition coefficient (Wildman–Crippen LogP) is 3.77. The monoisotopic (exact) mass is 496 g/mol. The van der Waals surface area contributed by atoms with Crippen LogP contribution in [0, 0.1) is 0 Å². The van der Waals surface area contributed by atoms with Gasteiger partial charge < -0.3 is 20.3 Å². The number of imide groups is 1. The molecular formula is C22H20ClF3N4O4. The van der Waals surface area contributed by atoms with Crippen molar-refractivity contribution >= 4 is 40.8 Å². The molecule has 0 spiro atoms. The normalized spacial score (nSPS) is 18.7. The lowest BCUT2D eigenvalue weighted by Crippen LogP contribution is -2.60. The summed E-state index contributed by atoms with van der Waals surface area (Å²) in [5, 5.41) is 7.97. The summed E-state index contributed by atoms with van der Waals surface area (Å²) in [6.45, 7) is 0.997. The van der Waals surface area contributed by atoms with Crippen LogP contribution in [-0.2, 0) is 9.59 Å². The number of nitrogens with zero attached hydrogens (tertiary/aromatic N) is 1. The van der Waals surface area contributed by atoms with Crippen LogP contribution in [0.4, 0.5) is 29.3 Å². The zero-order valence-electron chi connectivity index (χ0n) is 17.6. The molecule has 34 heavy (non-hydrogen) atoms. The molecule has 2 saturated heterocycles. The van der Waals surface area contributed by atoms with E-state index in [9.17, 15) is 27.6 Å². The minimum absolute atomic E-state index is 0.159. The summed E-state index contributed by atoms with van der Waals surface area (Å²) in [5.41, 5.74) is 1.63. The summed E-state index contributed by atoms with van der Waals surface area (Å²) in [6.07, 6.45) is -4.16. The van der Waals surface area contributed by atoms with Crippen molar-refractivity contribution in [3.05, 3.63) is 53.1 Å². The van der Waals surface area contributed by atoms with Gasteiger partial charge in [-0.1, -0.05) is 23.7 Å². The molecule has 2 heterocycles. The van der Waals surface area contributed by atoms with Gasteiger partial charge in [-0.05, 0) is 36.2 Å². The Morgan fingerprint density at radius 1 is 1.15 bits per heavy atom. The summed E-state index contributed by atoms with van der Waals surface area (Å²) in [4.78, 5) is 37.6. The van der Waals surface area contributed by atoms with Crippen LogP contribution in [0.3, 0.4) is 0 Å². The molecule has 0 radical (unpaired) electrons. The predicted molar refractivity (Wildman–Crippen MR) is 118 cm³/mol. The van der Waals surface area contributed by atoms with E-state index in [-0.39, 0.29) is 30.0 Å². The minimum atomic E-state index is -4.82. The first kappa shape index (κ1) is 23.7. The van der Waals surface area contributed by atoms with Crippen molar-refractivity contribution in [2.24, 2.45) is 0 Å². The van der Waals surface area contributed by atoms with Gasteiger partial charge in [0.25, 0.3) is 0 Å². The molecule has 3 N–H and O–H groups in total. The molecule has 180 valence electrons. The summed E-state index contributed by atoms with van der Waals surface area (Å²) < 4.78 is 40.9. The zero-order chi connectivity index (χ0) is 24.5. The zero-order valence-corrected chi connectivity index (χ0v) is 18.4. The lowest BCUT2D eigenvalue weighted by Gasteiger charge is -2.41. The second-order valence-corrected chi connectivity index (χ2v) is 8.39. The molecule has 2 aromatic rings. The third kappa shape index (κ3) is 5.71. The second-order valence-electron chi connectivity index (χ2n) is 7.99. The maximum atomic E-state index is 12.3. The molecule has 2 aromatic carbocycles. The Bertz CT molecular complexity index is 1120. The van der Waals surface area contributed by atoms with E-state index in [1.165, 1.54) is 12.1 Å². The topological polar surface area (TPSA) is 99.8 Å². The smallest absolute Gasteiger partial charge is 0.406 e. The third-order valence-corrected chi connectivity index (χ3v) is 5.83. The molecule has 0 aromatic heterocycles. The SMILES string of the molecule is O=C1CCC(c2ccc(N3CC(NC(=O)Nc4cccc(OC(F)(F)F)c4)C3)cc2Cl)C(=O)N1. The largest absolute Gasteiger partial charge is 0.573 e. The van der Waals surface area contributed by atoms with Gasteiger partial charge >= 0.3 is 12.4 Å². The Kier molecular flexibility index (Phi) is 6.56. The first-order valence-electron chi connectivity index (χ1n) is 10.4. The fourth-order valence-corrected chi connectivity index (χ4v) is 4.20. The summed E-state index contributed by atoms with van der Waals surface area (Å²) in [7, 11) is 0. The molecule has 4 amide bonds. The molecule has 1 unspecified atom stereocenters. The first-order valence-corrected chi connectivity index (χ1v) is 10.8. The maximum Gasteiger partial charge on any atom is 0.573 e. The van der Waals surface area contributed by atoms with E-state index in [0.29, 0.717) is 30.1 Å². The van der Waals surface area contributed by atoms with E-state index in [2.05, 4.69) is 20.7 Å². The highest BCUT2D eigenvalue weighted by molar-refractivity contribution is 6.32. The van der Waals surface area contributed by atoms with Crippen molar-refractivity contribution in [2.45, 2.75) is 31.2 Å². The molecule has 8 nitrogen and oxygen atoms in total. The van der Waals surface area contributed by atoms with Crippen molar-refractivity contribution in [1.82, 2.24) is 10.6 Å². The van der Waals surface area contributed by atoms with E-state index < -0.39 is 24.1 Å². The van der Waals surface area contributed by atoms with Crippen molar-refractivity contribution in [3.8, 4) is 5.75 Å². The molecule has 0 aliphatic carbocycles. The number of ether oxygens (including phenoxy) is 1. The average molecular weight is 497 g/mol. The van der Waals surface area contributed by atoms with Gasteiger partial charge in [-0.25, -0.2) is 4.79 Å². The Morgan fingerprint density at radius 3 is 2.59 bits per heavy atom. The van der Waals surface area contributed by atoms with Gasteiger partial charge in [0.15, 0.2) is 0 Å². The number of amides is 4. The molecule has 2 aliphatic heterocycles. The van der Waals surface area contributed by atoms with E-state index in [1.54, 1.807) is 12.1 Å². The van der Waals surface area contributed by atoms with Crippen LogP contribution in [-0.4, -0.2) is 43.3 Å². The summed E-state index contributed by atoms with van der Waals surface area (Å²) in [5.74, 6) is -1.56. The average Bonchev–Trinajstić information content (AvgIpc) is 2.70. The number of benzene rings is 2. The highest BCUT2D eigenvalue weighted by atomic mass is 35.5. The molecule has 0 saturated carbocycles. The number of nitrogens with one attached hydrogen (secondary N) is 3. The van der Waals surface area contributed by atoms with Gasteiger partial charge in [0, 0.05) is 42.0 Å². The van der Waals surface area contributed by atoms with Gasteiger partial charge in [-0.15, -0.1) is 13.2 Å². The summed E-state index contributed by atoms with van der Waals surface area (Å²) in [6, 6.07) is 9.59. The van der Waals surface area contributed by atoms with Crippen LogP contribution in [0.5, 0.6) is 5.75 Å². The van der Waals surface area contributed by atoms with Crippen LogP contribution in [0.25, 0.3) is 0 Å². The van der Waals surface area contributed by atoms with Gasteiger partial charge in [0.2, 0.25) is 11.8 Å². The number of alkyl halides is 3.